The van der Waals surface area contributed by atoms with Crippen LogP contribution in [-0.4, -0.2) is 21.9 Å². The summed E-state index contributed by atoms with van der Waals surface area (Å²) in [7, 11) is 0. The first-order valence-corrected chi connectivity index (χ1v) is 9.83. The summed E-state index contributed by atoms with van der Waals surface area (Å²) in [5.41, 5.74) is 7.76. The Morgan fingerprint density at radius 3 is 2.29 bits per heavy atom. The summed E-state index contributed by atoms with van der Waals surface area (Å²) in [5.74, 6) is -0.891. The molecule has 0 spiro atoms. The molecule has 0 radical (unpaired) electrons. The molecule has 6 heteroatoms. The lowest BCUT2D eigenvalue weighted by Gasteiger charge is -2.08. The molecule has 4 rings (SSSR count). The van der Waals surface area contributed by atoms with Gasteiger partial charge in [0.2, 0.25) is 0 Å². The molecular formula is C25H21FN4O. The molecule has 0 fully saturated rings. The largest absolute Gasteiger partial charge is 0.291 e. The Labute approximate surface area is 179 Å². The minimum Gasteiger partial charge on any atom is -0.265 e. The smallest absolute Gasteiger partial charge is 0.265 e. The van der Waals surface area contributed by atoms with Gasteiger partial charge in [0.25, 0.3) is 5.91 Å². The number of nitrogens with zero attached hydrogens (tertiary/aromatic N) is 3. The van der Waals surface area contributed by atoms with Crippen molar-refractivity contribution in [2.24, 2.45) is 5.10 Å². The van der Waals surface area contributed by atoms with Crippen LogP contribution in [0.4, 0.5) is 4.39 Å². The number of carbonyl (C=O) groups excluding carboxylic acids is 1. The van der Waals surface area contributed by atoms with E-state index < -0.39 is 11.7 Å². The third-order valence-electron chi connectivity index (χ3n) is 4.84. The molecule has 1 heterocycles. The van der Waals surface area contributed by atoms with Crippen molar-refractivity contribution in [3.05, 3.63) is 107 Å². The molecule has 1 aromatic heterocycles. The van der Waals surface area contributed by atoms with E-state index in [2.05, 4.69) is 15.6 Å². The monoisotopic (exact) mass is 412 g/mol. The van der Waals surface area contributed by atoms with E-state index in [-0.39, 0.29) is 11.3 Å². The summed E-state index contributed by atoms with van der Waals surface area (Å²) < 4.78 is 15.4. The highest BCUT2D eigenvalue weighted by Crippen LogP contribution is 2.25. The van der Waals surface area contributed by atoms with Crippen LogP contribution in [0.25, 0.3) is 16.9 Å². The molecule has 0 unspecified atom stereocenters. The van der Waals surface area contributed by atoms with Crippen LogP contribution in [0.3, 0.4) is 0 Å². The third kappa shape index (κ3) is 4.59. The van der Waals surface area contributed by atoms with Crippen molar-refractivity contribution in [3.8, 4) is 16.9 Å². The van der Waals surface area contributed by atoms with E-state index >= 15 is 0 Å². The zero-order valence-electron chi connectivity index (χ0n) is 17.2. The Morgan fingerprint density at radius 1 is 0.968 bits per heavy atom. The molecule has 0 aliphatic carbocycles. The number of rotatable bonds is 5. The standard InChI is InChI=1S/C25H21FN4O/c1-17-7-11-19(12-8-17)24-15-23(29-30(24)21-13-9-18(2)10-14-21)25(31)28-27-16-20-5-3-4-6-22(20)26/h3-16H,1-2H3,(H,28,31)/b27-16-. The van der Waals surface area contributed by atoms with Crippen molar-refractivity contribution in [2.75, 3.05) is 0 Å². The minimum atomic E-state index is -0.480. The summed E-state index contributed by atoms with van der Waals surface area (Å²) in [4.78, 5) is 12.7. The predicted molar refractivity (Wildman–Crippen MR) is 120 cm³/mol. The lowest BCUT2D eigenvalue weighted by atomic mass is 10.1. The van der Waals surface area contributed by atoms with Crippen LogP contribution in [0.5, 0.6) is 0 Å². The Hall–Kier alpha value is -4.06. The predicted octanol–water partition coefficient (Wildman–Crippen LogP) is 5.06. The van der Waals surface area contributed by atoms with Crippen LogP contribution in [0.1, 0.15) is 27.2 Å². The molecule has 0 saturated carbocycles. The van der Waals surface area contributed by atoms with E-state index in [1.54, 1.807) is 28.9 Å². The topological polar surface area (TPSA) is 59.3 Å². The summed E-state index contributed by atoms with van der Waals surface area (Å²) in [6, 6.07) is 23.8. The minimum absolute atomic E-state index is 0.210. The lowest BCUT2D eigenvalue weighted by molar-refractivity contribution is 0.0949. The maximum Gasteiger partial charge on any atom is 0.291 e. The van der Waals surface area contributed by atoms with Gasteiger partial charge in [-0.25, -0.2) is 14.5 Å². The van der Waals surface area contributed by atoms with E-state index in [0.29, 0.717) is 0 Å². The van der Waals surface area contributed by atoms with Crippen molar-refractivity contribution in [2.45, 2.75) is 13.8 Å². The second-order valence-electron chi connectivity index (χ2n) is 7.25. The molecule has 5 nitrogen and oxygen atoms in total. The first-order valence-electron chi connectivity index (χ1n) is 9.83. The number of benzene rings is 3. The summed E-state index contributed by atoms with van der Waals surface area (Å²) in [5, 5.41) is 8.38. The van der Waals surface area contributed by atoms with Crippen LogP contribution >= 0.6 is 0 Å². The Morgan fingerprint density at radius 2 is 1.61 bits per heavy atom. The molecule has 0 atom stereocenters. The second kappa shape index (κ2) is 8.75. The lowest BCUT2D eigenvalue weighted by Crippen LogP contribution is -2.18. The molecule has 4 aromatic rings. The molecule has 31 heavy (non-hydrogen) atoms. The average Bonchev–Trinajstić information content (AvgIpc) is 3.21. The Bertz CT molecular complexity index is 1180. The van der Waals surface area contributed by atoms with Gasteiger partial charge in [0.15, 0.2) is 5.69 Å². The molecule has 0 saturated heterocycles. The number of hydrogen-bond acceptors (Lipinski definition) is 3. The van der Waals surface area contributed by atoms with Gasteiger partial charge in [-0.1, -0.05) is 65.7 Å². The summed E-state index contributed by atoms with van der Waals surface area (Å²) >= 11 is 0. The number of carbonyl (C=O) groups is 1. The molecule has 0 aliphatic heterocycles. The number of hydrogen-bond donors (Lipinski definition) is 1. The molecular weight excluding hydrogens is 391 g/mol. The first kappa shape index (κ1) is 20.2. The van der Waals surface area contributed by atoms with Gasteiger partial charge >= 0.3 is 0 Å². The van der Waals surface area contributed by atoms with Gasteiger partial charge in [-0.3, -0.25) is 4.79 Å². The van der Waals surface area contributed by atoms with Crippen LogP contribution < -0.4 is 5.43 Å². The van der Waals surface area contributed by atoms with Crippen LogP contribution in [0.15, 0.2) is 84.0 Å². The highest BCUT2D eigenvalue weighted by atomic mass is 19.1. The van der Waals surface area contributed by atoms with Gasteiger partial charge in [0.1, 0.15) is 5.82 Å². The number of hydrazone groups is 1. The first-order chi connectivity index (χ1) is 15.0. The van der Waals surface area contributed by atoms with Crippen molar-refractivity contribution >= 4 is 12.1 Å². The van der Waals surface area contributed by atoms with E-state index in [1.807, 2.05) is 62.4 Å². The van der Waals surface area contributed by atoms with Gasteiger partial charge in [0.05, 0.1) is 17.6 Å². The molecule has 0 aliphatic rings. The van der Waals surface area contributed by atoms with Crippen LogP contribution in [0, 0.1) is 19.7 Å². The highest BCUT2D eigenvalue weighted by molar-refractivity contribution is 5.94. The van der Waals surface area contributed by atoms with Gasteiger partial charge in [-0.15, -0.1) is 0 Å². The zero-order chi connectivity index (χ0) is 21.8. The number of halogens is 1. The number of nitrogens with one attached hydrogen (secondary N) is 1. The Balaban J connectivity index is 1.65. The average molecular weight is 412 g/mol. The number of aryl methyl sites for hydroxylation is 2. The summed E-state index contributed by atoms with van der Waals surface area (Å²) in [6.45, 7) is 4.04. The van der Waals surface area contributed by atoms with E-state index in [1.165, 1.54) is 12.3 Å². The molecule has 1 N–H and O–H groups in total. The zero-order valence-corrected chi connectivity index (χ0v) is 17.2. The van der Waals surface area contributed by atoms with Crippen molar-refractivity contribution in [1.29, 1.82) is 0 Å². The third-order valence-corrected chi connectivity index (χ3v) is 4.84. The fourth-order valence-corrected chi connectivity index (χ4v) is 3.10. The van der Waals surface area contributed by atoms with E-state index in [0.717, 1.165) is 28.1 Å². The summed E-state index contributed by atoms with van der Waals surface area (Å²) in [6.07, 6.45) is 1.27. The van der Waals surface area contributed by atoms with Crippen LogP contribution in [-0.2, 0) is 0 Å². The molecule has 0 bridgehead atoms. The van der Waals surface area contributed by atoms with Crippen molar-refractivity contribution in [1.82, 2.24) is 15.2 Å². The SMILES string of the molecule is Cc1ccc(-c2cc(C(=O)N/N=C\c3ccccc3F)nn2-c2ccc(C)cc2)cc1. The second-order valence-corrected chi connectivity index (χ2v) is 7.25. The van der Waals surface area contributed by atoms with Gasteiger partial charge in [-0.2, -0.15) is 10.2 Å². The molecule has 3 aromatic carbocycles. The fourth-order valence-electron chi connectivity index (χ4n) is 3.10. The molecule has 154 valence electrons. The van der Waals surface area contributed by atoms with Crippen molar-refractivity contribution < 1.29 is 9.18 Å². The van der Waals surface area contributed by atoms with Gasteiger partial charge in [0, 0.05) is 11.1 Å². The van der Waals surface area contributed by atoms with Crippen molar-refractivity contribution in [3.63, 3.8) is 0 Å². The molecule has 1 amide bonds. The van der Waals surface area contributed by atoms with Crippen LogP contribution in [0.2, 0.25) is 0 Å². The normalized spacial score (nSPS) is 11.1. The van der Waals surface area contributed by atoms with E-state index in [4.69, 9.17) is 0 Å². The maximum atomic E-state index is 13.7. The van der Waals surface area contributed by atoms with Gasteiger partial charge < -0.3 is 0 Å². The fraction of sp³-hybridized carbons (Fsp3) is 0.0800. The number of amides is 1. The maximum absolute atomic E-state index is 13.7. The van der Waals surface area contributed by atoms with E-state index in [9.17, 15) is 9.18 Å². The van der Waals surface area contributed by atoms with Gasteiger partial charge in [-0.05, 0) is 38.1 Å². The Kier molecular flexibility index (Phi) is 5.71. The number of aromatic nitrogens is 2. The highest BCUT2D eigenvalue weighted by Gasteiger charge is 2.16. The quantitative estimate of drug-likeness (QED) is 0.368.